The fraction of sp³-hybridized carbons (Fsp3) is 0.562. The summed E-state index contributed by atoms with van der Waals surface area (Å²) in [5.74, 6) is -1.30. The second kappa shape index (κ2) is 6.22. The highest BCUT2D eigenvalue weighted by Gasteiger charge is 2.46. The summed E-state index contributed by atoms with van der Waals surface area (Å²) >= 11 is 0. The summed E-state index contributed by atoms with van der Waals surface area (Å²) in [5.41, 5.74) is 0.317. The van der Waals surface area contributed by atoms with Gasteiger partial charge in [0, 0.05) is 13.1 Å². The zero-order valence-electron chi connectivity index (χ0n) is 12.8. The molecule has 0 aliphatic carbocycles. The molecule has 2 aliphatic rings. The minimum atomic E-state index is -3.35. The zero-order chi connectivity index (χ0) is 16.5. The van der Waals surface area contributed by atoms with Crippen molar-refractivity contribution >= 4 is 16.0 Å². The lowest BCUT2D eigenvalue weighted by atomic mass is 9.86. The van der Waals surface area contributed by atoms with Crippen molar-refractivity contribution in [2.75, 3.05) is 19.7 Å². The van der Waals surface area contributed by atoms with Gasteiger partial charge in [0.2, 0.25) is 10.0 Å². The van der Waals surface area contributed by atoms with Crippen LogP contribution in [0.1, 0.15) is 24.8 Å². The van der Waals surface area contributed by atoms with Crippen molar-refractivity contribution < 1.29 is 23.1 Å². The van der Waals surface area contributed by atoms with Gasteiger partial charge >= 0.3 is 5.97 Å². The van der Waals surface area contributed by atoms with E-state index in [1.807, 2.05) is 18.2 Å². The Hall–Kier alpha value is -1.44. The van der Waals surface area contributed by atoms with Gasteiger partial charge in [-0.15, -0.1) is 0 Å². The van der Waals surface area contributed by atoms with Crippen LogP contribution in [-0.4, -0.2) is 49.1 Å². The maximum atomic E-state index is 12.5. The summed E-state index contributed by atoms with van der Waals surface area (Å²) in [4.78, 5) is 11.1. The van der Waals surface area contributed by atoms with Crippen LogP contribution in [0, 0.1) is 5.92 Å². The van der Waals surface area contributed by atoms with Gasteiger partial charge in [-0.3, -0.25) is 4.79 Å². The van der Waals surface area contributed by atoms with Crippen molar-refractivity contribution in [2.45, 2.75) is 30.6 Å². The molecule has 0 amide bonds. The van der Waals surface area contributed by atoms with Crippen molar-refractivity contribution in [3.8, 4) is 0 Å². The minimum absolute atomic E-state index is 0.000548. The normalized spacial score (nSPS) is 24.8. The van der Waals surface area contributed by atoms with Gasteiger partial charge in [-0.05, 0) is 24.8 Å². The largest absolute Gasteiger partial charge is 0.481 e. The quantitative estimate of drug-likeness (QED) is 0.898. The van der Waals surface area contributed by atoms with Crippen molar-refractivity contribution in [2.24, 2.45) is 5.92 Å². The molecular weight excluding hydrogens is 318 g/mol. The first-order chi connectivity index (χ1) is 10.9. The standard InChI is InChI=1S/C16H21NO5S/c18-15(19)14-10-16(22-11-14)6-8-17(9-7-16)23(20,21)12-13-4-2-1-3-5-13/h1-5,14H,6-12H2,(H,18,19). The highest BCUT2D eigenvalue weighted by atomic mass is 32.2. The van der Waals surface area contributed by atoms with E-state index < -0.39 is 27.5 Å². The predicted molar refractivity (Wildman–Crippen MR) is 84.3 cm³/mol. The van der Waals surface area contributed by atoms with Gasteiger partial charge in [0.15, 0.2) is 0 Å². The highest BCUT2D eigenvalue weighted by Crippen LogP contribution is 2.39. The first-order valence-corrected chi connectivity index (χ1v) is 9.40. The van der Waals surface area contributed by atoms with Crippen LogP contribution in [0.2, 0.25) is 0 Å². The van der Waals surface area contributed by atoms with Gasteiger partial charge in [-0.1, -0.05) is 30.3 Å². The molecule has 2 saturated heterocycles. The van der Waals surface area contributed by atoms with Gasteiger partial charge in [0.25, 0.3) is 0 Å². The molecule has 2 fully saturated rings. The molecule has 1 aromatic carbocycles. The average molecular weight is 339 g/mol. The Morgan fingerprint density at radius 2 is 1.91 bits per heavy atom. The maximum Gasteiger partial charge on any atom is 0.308 e. The number of aliphatic carboxylic acids is 1. The summed E-state index contributed by atoms with van der Waals surface area (Å²) in [5, 5.41) is 9.09. The van der Waals surface area contributed by atoms with Gasteiger partial charge in [0.05, 0.1) is 23.9 Å². The number of carbonyl (C=O) groups is 1. The van der Waals surface area contributed by atoms with E-state index in [1.165, 1.54) is 4.31 Å². The third-order valence-corrected chi connectivity index (χ3v) is 6.63. The lowest BCUT2D eigenvalue weighted by Crippen LogP contribution is -2.46. The lowest BCUT2D eigenvalue weighted by molar-refractivity contribution is -0.141. The Kier molecular flexibility index (Phi) is 4.44. The van der Waals surface area contributed by atoms with Crippen molar-refractivity contribution in [1.82, 2.24) is 4.31 Å². The van der Waals surface area contributed by atoms with Crippen LogP contribution in [0.4, 0.5) is 0 Å². The van der Waals surface area contributed by atoms with E-state index >= 15 is 0 Å². The van der Waals surface area contributed by atoms with E-state index in [4.69, 9.17) is 9.84 Å². The second-order valence-corrected chi connectivity index (χ2v) is 8.34. The fourth-order valence-electron chi connectivity index (χ4n) is 3.40. The van der Waals surface area contributed by atoms with Crippen LogP contribution < -0.4 is 0 Å². The lowest BCUT2D eigenvalue weighted by Gasteiger charge is -2.38. The number of nitrogens with zero attached hydrogens (tertiary/aromatic N) is 1. The highest BCUT2D eigenvalue weighted by molar-refractivity contribution is 7.88. The monoisotopic (exact) mass is 339 g/mol. The molecule has 2 heterocycles. The first-order valence-electron chi connectivity index (χ1n) is 7.79. The maximum absolute atomic E-state index is 12.5. The molecule has 1 N–H and O–H groups in total. The fourth-order valence-corrected chi connectivity index (χ4v) is 4.93. The van der Waals surface area contributed by atoms with Gasteiger partial charge in [-0.2, -0.15) is 0 Å². The number of hydrogen-bond donors (Lipinski definition) is 1. The molecule has 23 heavy (non-hydrogen) atoms. The van der Waals surface area contributed by atoms with Crippen LogP contribution in [0.5, 0.6) is 0 Å². The first kappa shape index (κ1) is 16.4. The van der Waals surface area contributed by atoms with Crippen LogP contribution in [-0.2, 0) is 25.3 Å². The van der Waals surface area contributed by atoms with E-state index in [0.717, 1.165) is 5.56 Å². The molecule has 1 aromatic rings. The molecule has 0 saturated carbocycles. The molecule has 3 rings (SSSR count). The number of ether oxygens (including phenoxy) is 1. The number of hydrogen-bond acceptors (Lipinski definition) is 4. The van der Waals surface area contributed by atoms with Crippen molar-refractivity contribution in [1.29, 1.82) is 0 Å². The average Bonchev–Trinajstić information content (AvgIpc) is 2.92. The van der Waals surface area contributed by atoms with Gasteiger partial charge in [-0.25, -0.2) is 12.7 Å². The number of carboxylic acid groups (broad SMARTS) is 1. The van der Waals surface area contributed by atoms with Gasteiger partial charge < -0.3 is 9.84 Å². The molecule has 1 unspecified atom stereocenters. The summed E-state index contributed by atoms with van der Waals surface area (Å²) in [6, 6.07) is 9.13. The molecule has 6 nitrogen and oxygen atoms in total. The third-order valence-electron chi connectivity index (χ3n) is 4.78. The smallest absolute Gasteiger partial charge is 0.308 e. The third kappa shape index (κ3) is 3.57. The van der Waals surface area contributed by atoms with Crippen molar-refractivity contribution in [3.63, 3.8) is 0 Å². The molecule has 0 aromatic heterocycles. The van der Waals surface area contributed by atoms with Crippen LogP contribution in [0.25, 0.3) is 0 Å². The van der Waals surface area contributed by atoms with Crippen LogP contribution in [0.15, 0.2) is 30.3 Å². The molecular formula is C16H21NO5S. The van der Waals surface area contributed by atoms with E-state index in [2.05, 4.69) is 0 Å². The zero-order valence-corrected chi connectivity index (χ0v) is 13.7. The number of benzene rings is 1. The van der Waals surface area contributed by atoms with E-state index in [9.17, 15) is 13.2 Å². The Bertz CT molecular complexity index is 665. The summed E-state index contributed by atoms with van der Waals surface area (Å²) in [6.45, 7) is 1.01. The molecule has 1 atom stereocenters. The Labute approximate surface area is 136 Å². The molecule has 7 heteroatoms. The van der Waals surface area contributed by atoms with E-state index in [0.29, 0.717) is 32.4 Å². The van der Waals surface area contributed by atoms with Crippen LogP contribution in [0.3, 0.4) is 0 Å². The number of carboxylic acids is 1. The molecule has 2 aliphatic heterocycles. The molecule has 0 bridgehead atoms. The molecule has 0 radical (unpaired) electrons. The minimum Gasteiger partial charge on any atom is -0.481 e. The molecule has 1 spiro atoms. The Morgan fingerprint density at radius 3 is 2.48 bits per heavy atom. The Balaban J connectivity index is 1.61. The Morgan fingerprint density at radius 1 is 1.26 bits per heavy atom. The van der Waals surface area contributed by atoms with E-state index in [1.54, 1.807) is 12.1 Å². The van der Waals surface area contributed by atoms with E-state index in [-0.39, 0.29) is 12.4 Å². The predicted octanol–water partition coefficient (Wildman–Crippen LogP) is 1.47. The molecule has 126 valence electrons. The number of sulfonamides is 1. The topological polar surface area (TPSA) is 83.9 Å². The van der Waals surface area contributed by atoms with Crippen LogP contribution >= 0.6 is 0 Å². The second-order valence-electron chi connectivity index (χ2n) is 6.37. The van der Waals surface area contributed by atoms with Crippen molar-refractivity contribution in [3.05, 3.63) is 35.9 Å². The summed E-state index contributed by atoms with van der Waals surface area (Å²) in [6.07, 6.45) is 1.60. The summed E-state index contributed by atoms with van der Waals surface area (Å²) < 4.78 is 32.3. The van der Waals surface area contributed by atoms with Gasteiger partial charge in [0.1, 0.15) is 0 Å². The SMILES string of the molecule is O=C(O)C1COC2(CCN(S(=O)(=O)Cc3ccccc3)CC2)C1. The number of rotatable bonds is 4. The summed E-state index contributed by atoms with van der Waals surface area (Å²) in [7, 11) is -3.35. The number of piperidine rings is 1.